The Hall–Kier alpha value is -3.05. The second-order valence-electron chi connectivity index (χ2n) is 11.5. The lowest BCUT2D eigenvalue weighted by Crippen LogP contribution is -2.39. The number of rotatable bonds is 10. The molecular weight excluding hydrogens is 571 g/mol. The van der Waals surface area contributed by atoms with E-state index in [9.17, 15) is 21.6 Å². The topological polar surface area (TPSA) is 104 Å². The quantitative estimate of drug-likeness (QED) is 0.323. The minimum Gasteiger partial charge on any atom is -0.378 e. The molecule has 0 bridgehead atoms. The third-order valence-electron chi connectivity index (χ3n) is 8.30. The summed E-state index contributed by atoms with van der Waals surface area (Å²) in [6.45, 7) is 3.97. The van der Waals surface area contributed by atoms with Crippen LogP contribution >= 0.6 is 0 Å². The van der Waals surface area contributed by atoms with Crippen molar-refractivity contribution in [2.45, 2.75) is 48.8 Å². The Morgan fingerprint density at radius 2 is 1.48 bits per heavy atom. The standard InChI is InChI=1S/C32H39N3O5S2/c1-25-7-6-18-35(24-25)42(39,40)31-11-5-10-28(22-31)32(36)23-33-29-12-14-30(15-13-29)41(37,38)34-19-16-27(17-20-34)21-26-8-3-2-4-9-26/h2-5,8-15,22,25,27,33H,6-7,16-21,23-24H2,1H3. The molecule has 0 amide bonds. The third-order valence-corrected chi connectivity index (χ3v) is 12.1. The molecule has 2 fully saturated rings. The second kappa shape index (κ2) is 13.1. The highest BCUT2D eigenvalue weighted by Gasteiger charge is 2.30. The van der Waals surface area contributed by atoms with Crippen LogP contribution in [0.1, 0.15) is 48.5 Å². The predicted molar refractivity (Wildman–Crippen MR) is 164 cm³/mol. The number of sulfonamides is 2. The van der Waals surface area contributed by atoms with E-state index in [1.54, 1.807) is 40.7 Å². The predicted octanol–water partition coefficient (Wildman–Crippen LogP) is 5.05. The summed E-state index contributed by atoms with van der Waals surface area (Å²) in [4.78, 5) is 13.3. The summed E-state index contributed by atoms with van der Waals surface area (Å²) >= 11 is 0. The number of hydrogen-bond donors (Lipinski definition) is 1. The second-order valence-corrected chi connectivity index (χ2v) is 15.4. The molecule has 2 heterocycles. The van der Waals surface area contributed by atoms with Gasteiger partial charge in [0.05, 0.1) is 16.3 Å². The lowest BCUT2D eigenvalue weighted by atomic mass is 9.91. The Morgan fingerprint density at radius 3 is 2.17 bits per heavy atom. The number of Topliss-reactive ketones (excluding diaryl/α,β-unsaturated/α-hetero) is 1. The van der Waals surface area contributed by atoms with Crippen molar-refractivity contribution in [2.75, 3.05) is 38.0 Å². The molecule has 0 radical (unpaired) electrons. The van der Waals surface area contributed by atoms with Crippen molar-refractivity contribution in [1.82, 2.24) is 8.61 Å². The van der Waals surface area contributed by atoms with E-state index in [1.165, 1.54) is 22.0 Å². The van der Waals surface area contributed by atoms with Gasteiger partial charge < -0.3 is 5.32 Å². The van der Waals surface area contributed by atoms with E-state index in [0.717, 1.165) is 32.1 Å². The number of carbonyl (C=O) groups is 1. The molecule has 3 aromatic carbocycles. The number of nitrogens with one attached hydrogen (secondary N) is 1. The van der Waals surface area contributed by atoms with Crippen LogP contribution in [-0.4, -0.2) is 64.0 Å². The first kappa shape index (κ1) is 30.4. The van der Waals surface area contributed by atoms with Gasteiger partial charge in [-0.3, -0.25) is 4.79 Å². The van der Waals surface area contributed by atoms with Crippen molar-refractivity contribution in [1.29, 1.82) is 0 Å². The highest BCUT2D eigenvalue weighted by Crippen LogP contribution is 2.27. The maximum Gasteiger partial charge on any atom is 0.243 e. The van der Waals surface area contributed by atoms with E-state index in [4.69, 9.17) is 0 Å². The minimum atomic E-state index is -3.66. The van der Waals surface area contributed by atoms with E-state index >= 15 is 0 Å². The van der Waals surface area contributed by atoms with E-state index in [0.29, 0.717) is 49.3 Å². The Labute approximate surface area is 249 Å². The molecule has 0 saturated carbocycles. The number of piperidine rings is 2. The van der Waals surface area contributed by atoms with Gasteiger partial charge in [-0.15, -0.1) is 0 Å². The number of hydrogen-bond acceptors (Lipinski definition) is 6. The fourth-order valence-corrected chi connectivity index (χ4v) is 8.94. The fraction of sp³-hybridized carbons (Fsp3) is 0.406. The lowest BCUT2D eigenvalue weighted by molar-refractivity contribution is 0.101. The van der Waals surface area contributed by atoms with Crippen LogP contribution in [0, 0.1) is 11.8 Å². The maximum atomic E-state index is 13.3. The van der Waals surface area contributed by atoms with Crippen LogP contribution in [0.3, 0.4) is 0 Å². The summed E-state index contributed by atoms with van der Waals surface area (Å²) in [5, 5.41) is 3.04. The van der Waals surface area contributed by atoms with Gasteiger partial charge in [0, 0.05) is 37.4 Å². The van der Waals surface area contributed by atoms with Crippen LogP contribution in [0.25, 0.3) is 0 Å². The van der Waals surface area contributed by atoms with Crippen molar-refractivity contribution in [2.24, 2.45) is 11.8 Å². The van der Waals surface area contributed by atoms with Crippen LogP contribution in [0.5, 0.6) is 0 Å². The number of nitrogens with zero attached hydrogens (tertiary/aromatic N) is 2. The summed E-state index contributed by atoms with van der Waals surface area (Å²) in [6, 6.07) is 22.9. The molecule has 0 aliphatic carbocycles. The van der Waals surface area contributed by atoms with Crippen LogP contribution in [0.2, 0.25) is 0 Å². The Bertz CT molecular complexity index is 1580. The summed E-state index contributed by atoms with van der Waals surface area (Å²) in [7, 11) is -7.27. The van der Waals surface area contributed by atoms with Crippen LogP contribution in [-0.2, 0) is 26.5 Å². The number of benzene rings is 3. The van der Waals surface area contributed by atoms with Crippen molar-refractivity contribution < 1.29 is 21.6 Å². The molecule has 42 heavy (non-hydrogen) atoms. The van der Waals surface area contributed by atoms with E-state index < -0.39 is 20.0 Å². The van der Waals surface area contributed by atoms with Crippen LogP contribution in [0.15, 0.2) is 88.7 Å². The van der Waals surface area contributed by atoms with Gasteiger partial charge in [-0.2, -0.15) is 8.61 Å². The number of ketones is 1. The highest BCUT2D eigenvalue weighted by atomic mass is 32.2. The van der Waals surface area contributed by atoms with Gasteiger partial charge in [-0.1, -0.05) is 49.4 Å². The molecule has 0 spiro atoms. The molecule has 2 saturated heterocycles. The molecule has 3 aromatic rings. The molecule has 5 rings (SSSR count). The van der Waals surface area contributed by atoms with E-state index in [-0.39, 0.29) is 22.1 Å². The summed E-state index contributed by atoms with van der Waals surface area (Å²) in [5.41, 5.74) is 2.20. The maximum absolute atomic E-state index is 13.3. The van der Waals surface area contributed by atoms with E-state index in [2.05, 4.69) is 17.4 Å². The largest absolute Gasteiger partial charge is 0.378 e. The van der Waals surface area contributed by atoms with Crippen LogP contribution < -0.4 is 5.32 Å². The third kappa shape index (κ3) is 7.11. The zero-order valence-corrected chi connectivity index (χ0v) is 25.6. The first-order valence-corrected chi connectivity index (χ1v) is 17.5. The smallest absolute Gasteiger partial charge is 0.243 e. The Kier molecular flexibility index (Phi) is 9.47. The van der Waals surface area contributed by atoms with Crippen LogP contribution in [0.4, 0.5) is 5.69 Å². The Morgan fingerprint density at radius 1 is 0.786 bits per heavy atom. The fourth-order valence-electron chi connectivity index (χ4n) is 5.82. The lowest BCUT2D eigenvalue weighted by Gasteiger charge is -2.31. The van der Waals surface area contributed by atoms with Gasteiger partial charge in [0.25, 0.3) is 0 Å². The van der Waals surface area contributed by atoms with Crippen molar-refractivity contribution in [3.8, 4) is 0 Å². The summed E-state index contributed by atoms with van der Waals surface area (Å²) in [6.07, 6.45) is 4.46. The van der Waals surface area contributed by atoms with Gasteiger partial charge >= 0.3 is 0 Å². The number of carbonyl (C=O) groups excluding carboxylic acids is 1. The zero-order valence-electron chi connectivity index (χ0n) is 24.0. The Balaban J connectivity index is 1.16. The molecule has 224 valence electrons. The SMILES string of the molecule is CC1CCCN(S(=O)(=O)c2cccc(C(=O)CNc3ccc(S(=O)(=O)N4CCC(Cc5ccccc5)CC4)cc3)c2)C1. The summed E-state index contributed by atoms with van der Waals surface area (Å²) in [5.74, 6) is 0.521. The molecular formula is C32H39N3O5S2. The minimum absolute atomic E-state index is 0.0503. The molecule has 1 atom stereocenters. The first-order chi connectivity index (χ1) is 20.1. The van der Waals surface area contributed by atoms with E-state index in [1.807, 2.05) is 25.1 Å². The first-order valence-electron chi connectivity index (χ1n) is 14.6. The molecule has 1 N–H and O–H groups in total. The van der Waals surface area contributed by atoms with Gasteiger partial charge in [-0.25, -0.2) is 16.8 Å². The molecule has 8 nitrogen and oxygen atoms in total. The molecule has 2 aliphatic heterocycles. The van der Waals surface area contributed by atoms with Crippen molar-refractivity contribution in [3.63, 3.8) is 0 Å². The van der Waals surface area contributed by atoms with Gasteiger partial charge in [0.1, 0.15) is 0 Å². The highest BCUT2D eigenvalue weighted by molar-refractivity contribution is 7.89. The zero-order chi connectivity index (χ0) is 29.7. The average Bonchev–Trinajstić information content (AvgIpc) is 3.01. The number of anilines is 1. The molecule has 1 unspecified atom stereocenters. The molecule has 10 heteroatoms. The van der Waals surface area contributed by atoms with Crippen molar-refractivity contribution >= 4 is 31.5 Å². The van der Waals surface area contributed by atoms with Gasteiger partial charge in [0.2, 0.25) is 20.0 Å². The van der Waals surface area contributed by atoms with Gasteiger partial charge in [0.15, 0.2) is 5.78 Å². The van der Waals surface area contributed by atoms with Gasteiger partial charge in [-0.05, 0) is 85.9 Å². The van der Waals surface area contributed by atoms with Crippen molar-refractivity contribution in [3.05, 3.63) is 90.0 Å². The average molecular weight is 610 g/mol. The normalized spacial score (nSPS) is 19.4. The summed E-state index contributed by atoms with van der Waals surface area (Å²) < 4.78 is 55.9. The molecule has 2 aliphatic rings. The molecule has 0 aromatic heterocycles. The monoisotopic (exact) mass is 609 g/mol.